The van der Waals surface area contributed by atoms with Crippen molar-refractivity contribution >= 4 is 34.2 Å². The summed E-state index contributed by atoms with van der Waals surface area (Å²) < 4.78 is 5.32. The number of hydrogen-bond acceptors (Lipinski definition) is 7. The number of urea groups is 1. The maximum atomic E-state index is 12.6. The van der Waals surface area contributed by atoms with E-state index < -0.39 is 0 Å². The number of allylic oxidation sites excluding steroid dienone is 1. The van der Waals surface area contributed by atoms with Crippen LogP contribution in [0.15, 0.2) is 36.8 Å². The van der Waals surface area contributed by atoms with Crippen LogP contribution in [0.5, 0.6) is 0 Å². The van der Waals surface area contributed by atoms with Crippen molar-refractivity contribution in [3.05, 3.63) is 48.2 Å². The molecule has 0 radical (unpaired) electrons. The van der Waals surface area contributed by atoms with Crippen LogP contribution >= 0.6 is 0 Å². The van der Waals surface area contributed by atoms with Crippen LogP contribution in [-0.4, -0.2) is 80.3 Å². The van der Waals surface area contributed by atoms with Gasteiger partial charge in [0.1, 0.15) is 5.69 Å². The zero-order valence-corrected chi connectivity index (χ0v) is 21.5. The number of nitrogens with zero attached hydrogens (tertiary/aromatic N) is 5. The molecule has 0 bridgehead atoms. The molecule has 3 amide bonds. The van der Waals surface area contributed by atoms with Gasteiger partial charge in [0.15, 0.2) is 11.5 Å². The first-order valence-corrected chi connectivity index (χ1v) is 12.4. The van der Waals surface area contributed by atoms with E-state index in [0.29, 0.717) is 66.8 Å². The van der Waals surface area contributed by atoms with E-state index in [-0.39, 0.29) is 11.9 Å². The third kappa shape index (κ3) is 4.98. The van der Waals surface area contributed by atoms with Crippen molar-refractivity contribution in [2.45, 2.75) is 20.3 Å². The largest absolute Gasteiger partial charge is 0.378 e. The van der Waals surface area contributed by atoms with Gasteiger partial charge in [-0.15, -0.1) is 0 Å². The predicted octanol–water partition coefficient (Wildman–Crippen LogP) is 3.12. The van der Waals surface area contributed by atoms with Gasteiger partial charge in [0.2, 0.25) is 0 Å². The highest BCUT2D eigenvalue weighted by Crippen LogP contribution is 2.30. The zero-order valence-electron chi connectivity index (χ0n) is 21.5. The van der Waals surface area contributed by atoms with Crippen molar-refractivity contribution in [1.29, 1.82) is 0 Å². The number of amides is 3. The Morgan fingerprint density at radius 3 is 2.71 bits per heavy atom. The van der Waals surface area contributed by atoms with Gasteiger partial charge in [0, 0.05) is 49.4 Å². The number of imidazole rings is 1. The van der Waals surface area contributed by atoms with E-state index in [1.807, 2.05) is 32.1 Å². The maximum Gasteiger partial charge on any atom is 0.322 e. The first-order valence-electron chi connectivity index (χ1n) is 12.4. The summed E-state index contributed by atoms with van der Waals surface area (Å²) in [6.07, 6.45) is 7.59. The Labute approximate surface area is 218 Å². The lowest BCUT2D eigenvalue weighted by Crippen LogP contribution is -2.43. The van der Waals surface area contributed by atoms with Gasteiger partial charge in [-0.1, -0.05) is 13.0 Å². The first kappa shape index (κ1) is 25.1. The minimum absolute atomic E-state index is 0.185. The SMILES string of the molecule is CC/C=C(/C(=O)NC)c1nc(-c2[nH]nc3ncc(-c4cncc(NC(=O)N5CCOCC5)c4)cc23)[nH]c1C. The second-order valence-electron chi connectivity index (χ2n) is 8.85. The molecule has 1 saturated heterocycles. The van der Waals surface area contributed by atoms with Gasteiger partial charge >= 0.3 is 6.03 Å². The fraction of sp³-hybridized carbons (Fsp3) is 0.308. The van der Waals surface area contributed by atoms with E-state index in [4.69, 9.17) is 9.72 Å². The normalized spacial score (nSPS) is 14.1. The molecule has 5 heterocycles. The Hall–Kier alpha value is -4.58. The molecule has 4 N–H and O–H groups in total. The number of ether oxygens (including phenoxy) is 1. The fourth-order valence-electron chi connectivity index (χ4n) is 4.35. The summed E-state index contributed by atoms with van der Waals surface area (Å²) in [5.41, 5.74) is 5.22. The lowest BCUT2D eigenvalue weighted by atomic mass is 10.1. The molecule has 0 aliphatic carbocycles. The van der Waals surface area contributed by atoms with Crippen molar-refractivity contribution in [2.24, 2.45) is 0 Å². The Kier molecular flexibility index (Phi) is 7.13. The van der Waals surface area contributed by atoms with Crippen LogP contribution in [0.1, 0.15) is 24.7 Å². The average molecular weight is 516 g/mol. The minimum atomic E-state index is -0.195. The van der Waals surface area contributed by atoms with Crippen molar-refractivity contribution < 1.29 is 14.3 Å². The number of hydrogen-bond donors (Lipinski definition) is 4. The van der Waals surface area contributed by atoms with Gasteiger partial charge in [-0.05, 0) is 25.5 Å². The van der Waals surface area contributed by atoms with Gasteiger partial charge in [0.25, 0.3) is 5.91 Å². The second-order valence-corrected chi connectivity index (χ2v) is 8.85. The Morgan fingerprint density at radius 2 is 1.95 bits per heavy atom. The molecule has 38 heavy (non-hydrogen) atoms. The minimum Gasteiger partial charge on any atom is -0.378 e. The molecule has 0 unspecified atom stereocenters. The third-order valence-electron chi connectivity index (χ3n) is 6.29. The number of carbonyl (C=O) groups excluding carboxylic acids is 2. The highest BCUT2D eigenvalue weighted by atomic mass is 16.5. The van der Waals surface area contributed by atoms with E-state index in [1.165, 1.54) is 0 Å². The van der Waals surface area contributed by atoms with E-state index in [0.717, 1.165) is 22.2 Å². The molecule has 12 nitrogen and oxygen atoms in total. The number of aryl methyl sites for hydroxylation is 1. The molecule has 4 aromatic heterocycles. The van der Waals surface area contributed by atoms with Crippen LogP contribution < -0.4 is 10.6 Å². The van der Waals surface area contributed by atoms with Gasteiger partial charge in [-0.3, -0.25) is 14.9 Å². The van der Waals surface area contributed by atoms with Crippen LogP contribution in [0.4, 0.5) is 10.5 Å². The Balaban J connectivity index is 1.45. The summed E-state index contributed by atoms with van der Waals surface area (Å²) in [4.78, 5) is 43.6. The summed E-state index contributed by atoms with van der Waals surface area (Å²) in [6.45, 7) is 6.01. The van der Waals surface area contributed by atoms with E-state index in [2.05, 4.69) is 35.8 Å². The molecule has 5 rings (SSSR count). The molecule has 196 valence electrons. The smallest absolute Gasteiger partial charge is 0.322 e. The topological polar surface area (TPSA) is 154 Å². The van der Waals surface area contributed by atoms with Crippen LogP contribution in [0.3, 0.4) is 0 Å². The third-order valence-corrected chi connectivity index (χ3v) is 6.29. The number of carbonyl (C=O) groups is 2. The Morgan fingerprint density at radius 1 is 1.16 bits per heavy atom. The number of likely N-dealkylation sites (N-methyl/N-ethyl adjacent to an activating group) is 1. The lowest BCUT2D eigenvalue weighted by Gasteiger charge is -2.26. The number of morpholine rings is 1. The van der Waals surface area contributed by atoms with E-state index in [1.54, 1.807) is 30.5 Å². The lowest BCUT2D eigenvalue weighted by molar-refractivity contribution is -0.115. The summed E-state index contributed by atoms with van der Waals surface area (Å²) in [5.74, 6) is 0.356. The Bertz CT molecular complexity index is 1520. The van der Waals surface area contributed by atoms with Crippen molar-refractivity contribution in [3.63, 3.8) is 0 Å². The average Bonchev–Trinajstić information content (AvgIpc) is 3.54. The molecule has 1 aliphatic rings. The van der Waals surface area contributed by atoms with E-state index >= 15 is 0 Å². The molecular formula is C26H29N9O3. The van der Waals surface area contributed by atoms with Gasteiger partial charge in [-0.25, -0.2) is 14.8 Å². The summed E-state index contributed by atoms with van der Waals surface area (Å²) in [7, 11) is 1.60. The van der Waals surface area contributed by atoms with Crippen molar-refractivity contribution in [2.75, 3.05) is 38.7 Å². The quantitative estimate of drug-likeness (QED) is 0.288. The summed E-state index contributed by atoms with van der Waals surface area (Å²) >= 11 is 0. The first-order chi connectivity index (χ1) is 18.5. The van der Waals surface area contributed by atoms with Crippen LogP contribution in [-0.2, 0) is 9.53 Å². The molecular weight excluding hydrogens is 486 g/mol. The van der Waals surface area contributed by atoms with Crippen LogP contribution in [0, 0.1) is 6.92 Å². The molecule has 0 aromatic carbocycles. The highest BCUT2D eigenvalue weighted by molar-refractivity contribution is 6.19. The number of aromatic nitrogens is 6. The molecule has 0 atom stereocenters. The van der Waals surface area contributed by atoms with Crippen LogP contribution in [0.25, 0.3) is 39.3 Å². The predicted molar refractivity (Wildman–Crippen MR) is 143 cm³/mol. The highest BCUT2D eigenvalue weighted by Gasteiger charge is 2.21. The number of nitrogens with one attached hydrogen (secondary N) is 4. The van der Waals surface area contributed by atoms with Crippen molar-refractivity contribution in [3.8, 4) is 22.6 Å². The van der Waals surface area contributed by atoms with E-state index in [9.17, 15) is 9.59 Å². The van der Waals surface area contributed by atoms with Gasteiger partial charge in [-0.2, -0.15) is 5.10 Å². The molecule has 1 aliphatic heterocycles. The number of fused-ring (bicyclic) bond motifs is 1. The van der Waals surface area contributed by atoms with Crippen molar-refractivity contribution in [1.82, 2.24) is 40.3 Å². The molecule has 12 heteroatoms. The standard InChI is InChI=1S/C26H29N9O3/c1-4-5-19(25(36)27-3)21-15(2)30-24(32-21)22-20-11-17(13-29-23(20)34-33-22)16-10-18(14-28-12-16)31-26(37)35-6-8-38-9-7-35/h5,10-14H,4,6-9H2,1-3H3,(H,27,36)(H,30,32)(H,31,37)(H,29,33,34)/b19-5+. The zero-order chi connectivity index (χ0) is 26.6. The number of pyridine rings is 2. The number of aromatic amines is 2. The monoisotopic (exact) mass is 515 g/mol. The molecule has 1 fully saturated rings. The molecule has 0 spiro atoms. The second kappa shape index (κ2) is 10.8. The number of H-pyrrole nitrogens is 2. The maximum absolute atomic E-state index is 12.6. The number of anilines is 1. The molecule has 4 aromatic rings. The summed E-state index contributed by atoms with van der Waals surface area (Å²) in [5, 5.41) is 13.7. The molecule has 0 saturated carbocycles. The summed E-state index contributed by atoms with van der Waals surface area (Å²) in [6, 6.07) is 3.62. The van der Waals surface area contributed by atoms with Crippen LogP contribution in [0.2, 0.25) is 0 Å². The number of rotatable bonds is 6. The van der Waals surface area contributed by atoms with Gasteiger partial charge < -0.3 is 25.3 Å². The van der Waals surface area contributed by atoms with Gasteiger partial charge in [0.05, 0.1) is 41.8 Å². The fourth-order valence-corrected chi connectivity index (χ4v) is 4.35.